The van der Waals surface area contributed by atoms with Crippen molar-refractivity contribution in [1.82, 2.24) is 5.32 Å². The Hall–Kier alpha value is -1.31. The van der Waals surface area contributed by atoms with E-state index < -0.39 is 0 Å². The highest BCUT2D eigenvalue weighted by Gasteiger charge is 1.95. The van der Waals surface area contributed by atoms with E-state index in [1.165, 1.54) is 0 Å². The molecule has 0 aromatic carbocycles. The van der Waals surface area contributed by atoms with Gasteiger partial charge in [-0.25, -0.2) is 0 Å². The summed E-state index contributed by atoms with van der Waals surface area (Å²) in [7, 11) is 0. The number of amides is 1. The number of hydrogen-bond acceptors (Lipinski definition) is 1. The van der Waals surface area contributed by atoms with Crippen LogP contribution in [0.2, 0.25) is 0 Å². The predicted octanol–water partition coefficient (Wildman–Crippen LogP) is 3.23. The summed E-state index contributed by atoms with van der Waals surface area (Å²) in [5.41, 5.74) is 0. The van der Waals surface area contributed by atoms with Crippen molar-refractivity contribution in [2.75, 3.05) is 6.54 Å². The number of carbonyl (C=O) groups is 1. The maximum absolute atomic E-state index is 11.2. The van der Waals surface area contributed by atoms with Gasteiger partial charge in [-0.15, -0.1) is 0 Å². The van der Waals surface area contributed by atoms with Crippen molar-refractivity contribution < 1.29 is 4.79 Å². The van der Waals surface area contributed by atoms with Gasteiger partial charge in [-0.2, -0.15) is 0 Å². The van der Waals surface area contributed by atoms with Gasteiger partial charge in [0.05, 0.1) is 0 Å². The first-order valence-corrected chi connectivity index (χ1v) is 5.89. The van der Waals surface area contributed by atoms with Gasteiger partial charge in [-0.1, -0.05) is 44.2 Å². The van der Waals surface area contributed by atoms with Crippen molar-refractivity contribution in [3.63, 3.8) is 0 Å². The number of carbonyl (C=O) groups excluding carboxylic acids is 1. The smallest absolute Gasteiger partial charge is 0.243 e. The van der Waals surface area contributed by atoms with E-state index in [2.05, 4.69) is 31.3 Å². The molecular formula is C14H23NO. The van der Waals surface area contributed by atoms with Crippen LogP contribution in [0.3, 0.4) is 0 Å². The zero-order valence-corrected chi connectivity index (χ0v) is 10.6. The fraction of sp³-hybridized carbons (Fsp3) is 0.500. The monoisotopic (exact) mass is 221 g/mol. The number of allylic oxidation sites excluding steroid dienone is 5. The summed E-state index contributed by atoms with van der Waals surface area (Å²) in [5, 5.41) is 2.82. The summed E-state index contributed by atoms with van der Waals surface area (Å²) < 4.78 is 0. The molecule has 0 aromatic heterocycles. The molecule has 16 heavy (non-hydrogen) atoms. The molecule has 1 N–H and O–H groups in total. The van der Waals surface area contributed by atoms with E-state index >= 15 is 0 Å². The summed E-state index contributed by atoms with van der Waals surface area (Å²) in [5.74, 6) is 0.473. The Morgan fingerprint density at radius 2 is 1.88 bits per heavy atom. The number of hydrogen-bond donors (Lipinski definition) is 1. The lowest BCUT2D eigenvalue weighted by atomic mass is 10.2. The van der Waals surface area contributed by atoms with Crippen LogP contribution in [0.15, 0.2) is 36.5 Å². The van der Waals surface area contributed by atoms with Gasteiger partial charge < -0.3 is 5.32 Å². The van der Waals surface area contributed by atoms with E-state index in [0.29, 0.717) is 5.92 Å². The Morgan fingerprint density at radius 1 is 1.19 bits per heavy atom. The normalized spacial score (nSPS) is 12.2. The molecule has 1 amide bonds. The summed E-state index contributed by atoms with van der Waals surface area (Å²) >= 11 is 0. The minimum absolute atomic E-state index is 0.0215. The van der Waals surface area contributed by atoms with Crippen LogP contribution in [-0.4, -0.2) is 12.5 Å². The zero-order chi connectivity index (χ0) is 12.2. The van der Waals surface area contributed by atoms with E-state index in [-0.39, 0.29) is 5.91 Å². The Kier molecular flexibility index (Phi) is 9.38. The molecule has 0 radical (unpaired) electrons. The lowest BCUT2D eigenvalue weighted by Gasteiger charge is -2.03. The first-order chi connectivity index (χ1) is 7.66. The molecule has 0 spiro atoms. The topological polar surface area (TPSA) is 29.1 Å². The number of unbranched alkanes of at least 4 members (excludes halogenated alkanes) is 1. The first kappa shape index (κ1) is 14.7. The molecule has 0 aliphatic rings. The first-order valence-electron chi connectivity index (χ1n) is 5.89. The van der Waals surface area contributed by atoms with Crippen molar-refractivity contribution in [3.05, 3.63) is 36.5 Å². The Morgan fingerprint density at radius 3 is 2.50 bits per heavy atom. The van der Waals surface area contributed by atoms with Crippen molar-refractivity contribution in [1.29, 1.82) is 0 Å². The van der Waals surface area contributed by atoms with Gasteiger partial charge in [-0.05, 0) is 25.7 Å². The van der Waals surface area contributed by atoms with Crippen LogP contribution in [0.4, 0.5) is 0 Å². The fourth-order valence-electron chi connectivity index (χ4n) is 1.04. The van der Waals surface area contributed by atoms with Gasteiger partial charge >= 0.3 is 0 Å². The second kappa shape index (κ2) is 10.2. The number of rotatable bonds is 7. The van der Waals surface area contributed by atoms with Crippen LogP contribution in [0.25, 0.3) is 0 Å². The van der Waals surface area contributed by atoms with Crippen LogP contribution in [0.1, 0.15) is 33.6 Å². The van der Waals surface area contributed by atoms with E-state index in [4.69, 9.17) is 0 Å². The average Bonchev–Trinajstić information content (AvgIpc) is 2.25. The van der Waals surface area contributed by atoms with Crippen molar-refractivity contribution in [2.24, 2.45) is 5.92 Å². The van der Waals surface area contributed by atoms with Crippen molar-refractivity contribution in [2.45, 2.75) is 33.6 Å². The molecule has 0 unspecified atom stereocenters. The lowest BCUT2D eigenvalue weighted by molar-refractivity contribution is -0.116. The molecule has 0 fully saturated rings. The summed E-state index contributed by atoms with van der Waals surface area (Å²) in [6.45, 7) is 6.90. The van der Waals surface area contributed by atoms with Gasteiger partial charge in [0.2, 0.25) is 5.91 Å². The lowest BCUT2D eigenvalue weighted by Crippen LogP contribution is -2.25. The van der Waals surface area contributed by atoms with Crippen molar-refractivity contribution in [3.8, 4) is 0 Å². The Bertz CT molecular complexity index is 262. The molecule has 0 atom stereocenters. The average molecular weight is 221 g/mol. The van der Waals surface area contributed by atoms with Crippen LogP contribution >= 0.6 is 0 Å². The molecule has 90 valence electrons. The maximum Gasteiger partial charge on any atom is 0.243 e. The highest BCUT2D eigenvalue weighted by Crippen LogP contribution is 1.93. The van der Waals surface area contributed by atoms with Gasteiger partial charge in [0.25, 0.3) is 0 Å². The molecule has 2 heteroatoms. The summed E-state index contributed by atoms with van der Waals surface area (Å²) in [4.78, 5) is 11.2. The Labute approximate surface area is 99.1 Å². The third kappa shape index (κ3) is 10.8. The molecule has 0 aliphatic carbocycles. The van der Waals surface area contributed by atoms with Crippen LogP contribution < -0.4 is 5.32 Å². The second-order valence-corrected chi connectivity index (χ2v) is 4.07. The third-order valence-electron chi connectivity index (χ3n) is 1.92. The molecule has 0 saturated carbocycles. The molecule has 0 rings (SSSR count). The molecule has 0 bridgehead atoms. The minimum Gasteiger partial charge on any atom is -0.352 e. The molecule has 0 aliphatic heterocycles. The van der Waals surface area contributed by atoms with E-state index in [1.807, 2.05) is 19.1 Å². The molecule has 0 aromatic rings. The van der Waals surface area contributed by atoms with E-state index in [9.17, 15) is 4.79 Å². The van der Waals surface area contributed by atoms with Crippen LogP contribution in [0, 0.1) is 5.92 Å². The number of nitrogens with one attached hydrogen (secondary N) is 1. The minimum atomic E-state index is -0.0215. The Balaban J connectivity index is 3.62. The molecule has 0 heterocycles. The van der Waals surface area contributed by atoms with Gasteiger partial charge in [0.15, 0.2) is 0 Å². The molecule has 2 nitrogen and oxygen atoms in total. The quantitative estimate of drug-likeness (QED) is 0.304. The molecule has 0 saturated heterocycles. The van der Waals surface area contributed by atoms with Gasteiger partial charge in [0, 0.05) is 12.6 Å². The van der Waals surface area contributed by atoms with Crippen LogP contribution in [0.5, 0.6) is 0 Å². The highest BCUT2D eigenvalue weighted by molar-refractivity contribution is 5.87. The third-order valence-corrected chi connectivity index (χ3v) is 1.92. The van der Waals surface area contributed by atoms with Gasteiger partial charge in [0.1, 0.15) is 0 Å². The zero-order valence-electron chi connectivity index (χ0n) is 10.6. The van der Waals surface area contributed by atoms with E-state index in [1.54, 1.807) is 12.2 Å². The fourth-order valence-corrected chi connectivity index (χ4v) is 1.04. The second-order valence-electron chi connectivity index (χ2n) is 4.07. The molecular weight excluding hydrogens is 198 g/mol. The van der Waals surface area contributed by atoms with Gasteiger partial charge in [-0.3, -0.25) is 4.79 Å². The SMILES string of the molecule is C/C=C\CC/C=C/C=C/C(=O)NCC(C)C. The standard InChI is InChI=1S/C14H23NO/c1-4-5-6-7-8-9-10-11-14(16)15-12-13(2)3/h4-5,8-11,13H,6-7,12H2,1-3H3,(H,15,16)/b5-4-,9-8+,11-10+. The highest BCUT2D eigenvalue weighted by atomic mass is 16.1. The largest absolute Gasteiger partial charge is 0.352 e. The van der Waals surface area contributed by atoms with Crippen molar-refractivity contribution >= 4 is 5.91 Å². The van der Waals surface area contributed by atoms with E-state index in [0.717, 1.165) is 19.4 Å². The predicted molar refractivity (Wildman–Crippen MR) is 70.2 cm³/mol. The maximum atomic E-state index is 11.2. The van der Waals surface area contributed by atoms with Crippen LogP contribution in [-0.2, 0) is 4.79 Å². The summed E-state index contributed by atoms with van der Waals surface area (Å²) in [6.07, 6.45) is 13.6. The summed E-state index contributed by atoms with van der Waals surface area (Å²) in [6, 6.07) is 0.